The fourth-order valence-corrected chi connectivity index (χ4v) is 4.99. The van der Waals surface area contributed by atoms with E-state index in [9.17, 15) is 4.39 Å². The Balaban J connectivity index is 1.61. The van der Waals surface area contributed by atoms with Crippen LogP contribution >= 0.6 is 0 Å². The van der Waals surface area contributed by atoms with Crippen molar-refractivity contribution in [2.75, 3.05) is 10.6 Å². The van der Waals surface area contributed by atoms with Gasteiger partial charge in [0.1, 0.15) is 0 Å². The van der Waals surface area contributed by atoms with Crippen molar-refractivity contribution in [3.8, 4) is 17.3 Å². The minimum absolute atomic E-state index is 0.0347. The zero-order chi connectivity index (χ0) is 27.0. The lowest BCUT2D eigenvalue weighted by Gasteiger charge is -2.46. The number of rotatable bonds is 8. The number of nitrogens with one attached hydrogen (secondary N) is 3. The quantitative estimate of drug-likeness (QED) is 0.397. The maximum atomic E-state index is 14.7. The fraction of sp³-hybridized carbons (Fsp3) is 0.600. The van der Waals surface area contributed by atoms with Gasteiger partial charge in [-0.05, 0) is 84.7 Å². The molecule has 0 aromatic carbocycles. The van der Waals surface area contributed by atoms with Gasteiger partial charge >= 0.3 is 0 Å². The Morgan fingerprint density at radius 2 is 1.78 bits per heavy atom. The van der Waals surface area contributed by atoms with Crippen molar-refractivity contribution in [2.45, 2.75) is 97.5 Å². The highest BCUT2D eigenvalue weighted by atomic mass is 19.1. The van der Waals surface area contributed by atoms with E-state index in [0.29, 0.717) is 23.0 Å². The van der Waals surface area contributed by atoms with Crippen LogP contribution in [0.4, 0.5) is 21.8 Å². The number of pyridine rings is 1. The molecule has 0 radical (unpaired) electrons. The lowest BCUT2D eigenvalue weighted by molar-refractivity contribution is 0.170. The summed E-state index contributed by atoms with van der Waals surface area (Å²) in [5.41, 5.74) is 1.04. The summed E-state index contributed by atoms with van der Waals surface area (Å²) in [6, 6.07) is 1.92. The Kier molecular flexibility index (Phi) is 7.31. The second kappa shape index (κ2) is 10.2. The number of tetrazole rings is 1. The topological polar surface area (TPSA) is 128 Å². The molecule has 4 rings (SSSR count). The van der Waals surface area contributed by atoms with Crippen molar-refractivity contribution in [3.63, 3.8) is 0 Å². The van der Waals surface area contributed by atoms with Crippen LogP contribution in [0.1, 0.15) is 74.3 Å². The molecule has 0 unspecified atom stereocenters. The molecule has 3 aromatic heterocycles. The zero-order valence-electron chi connectivity index (χ0n) is 22.8. The molecular weight excluding hydrogens is 475 g/mol. The lowest BCUT2D eigenvalue weighted by Crippen LogP contribution is -2.60. The highest BCUT2D eigenvalue weighted by Crippen LogP contribution is 2.33. The fourth-order valence-electron chi connectivity index (χ4n) is 4.99. The van der Waals surface area contributed by atoms with Gasteiger partial charge in [-0.3, -0.25) is 0 Å². The number of anilines is 3. The monoisotopic (exact) mass is 512 g/mol. The maximum absolute atomic E-state index is 14.7. The maximum Gasteiger partial charge on any atom is 0.229 e. The van der Waals surface area contributed by atoms with Crippen molar-refractivity contribution >= 4 is 17.5 Å². The number of halogens is 1. The van der Waals surface area contributed by atoms with Crippen LogP contribution in [0.25, 0.3) is 11.4 Å². The van der Waals surface area contributed by atoms with Crippen LogP contribution in [0.3, 0.4) is 0 Å². The molecule has 0 atom stereocenters. The molecule has 0 saturated carbocycles. The molecule has 3 N–H and O–H groups in total. The van der Waals surface area contributed by atoms with Gasteiger partial charge in [0.05, 0.1) is 35.8 Å². The van der Waals surface area contributed by atoms with Gasteiger partial charge in [0.25, 0.3) is 0 Å². The molecule has 0 spiro atoms. The Morgan fingerprint density at radius 1 is 1.08 bits per heavy atom. The van der Waals surface area contributed by atoms with Gasteiger partial charge in [0.15, 0.2) is 17.5 Å². The van der Waals surface area contributed by atoms with E-state index in [4.69, 9.17) is 4.74 Å². The van der Waals surface area contributed by atoms with Gasteiger partial charge in [-0.25, -0.2) is 19.0 Å². The molecule has 200 valence electrons. The van der Waals surface area contributed by atoms with Crippen molar-refractivity contribution in [1.82, 2.24) is 40.5 Å². The average molecular weight is 513 g/mol. The number of hydrogen-bond acceptors (Lipinski definition) is 10. The molecule has 12 heteroatoms. The van der Waals surface area contributed by atoms with Gasteiger partial charge in [-0.15, -0.1) is 5.10 Å². The summed E-state index contributed by atoms with van der Waals surface area (Å²) in [6.45, 7) is 16.4. The first-order valence-corrected chi connectivity index (χ1v) is 12.6. The van der Waals surface area contributed by atoms with Crippen molar-refractivity contribution in [3.05, 3.63) is 24.3 Å². The van der Waals surface area contributed by atoms with E-state index in [-0.39, 0.29) is 41.0 Å². The van der Waals surface area contributed by atoms with Crippen LogP contribution in [0.15, 0.2) is 18.5 Å². The Bertz CT molecular complexity index is 1220. The van der Waals surface area contributed by atoms with Gasteiger partial charge in [-0.1, -0.05) is 0 Å². The predicted octanol–water partition coefficient (Wildman–Crippen LogP) is 4.50. The first kappa shape index (κ1) is 26.6. The molecule has 1 aliphatic rings. The molecule has 4 heterocycles. The average Bonchev–Trinajstić information content (AvgIpc) is 3.25. The zero-order valence-corrected chi connectivity index (χ0v) is 22.8. The Morgan fingerprint density at radius 3 is 2.43 bits per heavy atom. The minimum Gasteiger partial charge on any atom is -0.474 e. The van der Waals surface area contributed by atoms with Crippen LogP contribution < -0.4 is 20.7 Å². The highest BCUT2D eigenvalue weighted by Gasteiger charge is 2.38. The summed E-state index contributed by atoms with van der Waals surface area (Å²) >= 11 is 0. The molecule has 1 saturated heterocycles. The highest BCUT2D eigenvalue weighted by molar-refractivity contribution is 5.69. The summed E-state index contributed by atoms with van der Waals surface area (Å²) in [7, 11) is 0. The van der Waals surface area contributed by atoms with Gasteiger partial charge < -0.3 is 20.7 Å². The molecule has 1 aliphatic heterocycles. The van der Waals surface area contributed by atoms with E-state index in [1.807, 2.05) is 33.8 Å². The molecule has 11 nitrogen and oxygen atoms in total. The number of hydrogen-bond donors (Lipinski definition) is 3. The van der Waals surface area contributed by atoms with E-state index in [1.165, 1.54) is 6.20 Å². The molecule has 0 amide bonds. The number of piperidine rings is 1. The van der Waals surface area contributed by atoms with E-state index >= 15 is 0 Å². The third-order valence-corrected chi connectivity index (χ3v) is 5.95. The summed E-state index contributed by atoms with van der Waals surface area (Å²) in [5, 5.41) is 22.2. The van der Waals surface area contributed by atoms with Crippen molar-refractivity contribution in [2.24, 2.45) is 0 Å². The summed E-state index contributed by atoms with van der Waals surface area (Å²) in [6.07, 6.45) is 4.35. The summed E-state index contributed by atoms with van der Waals surface area (Å²) < 4.78 is 22.3. The number of ether oxygens (including phenoxy) is 1. The number of aromatic nitrogens is 7. The van der Waals surface area contributed by atoms with Crippen molar-refractivity contribution in [1.29, 1.82) is 0 Å². The molecule has 3 aromatic rings. The third-order valence-electron chi connectivity index (χ3n) is 5.95. The molecule has 0 aliphatic carbocycles. The van der Waals surface area contributed by atoms with Crippen LogP contribution in [0.5, 0.6) is 5.88 Å². The minimum atomic E-state index is -0.504. The third kappa shape index (κ3) is 6.48. The van der Waals surface area contributed by atoms with Crippen LogP contribution in [-0.2, 0) is 0 Å². The molecular formula is C25H37FN10O. The first-order chi connectivity index (χ1) is 17.3. The van der Waals surface area contributed by atoms with E-state index in [1.54, 1.807) is 10.9 Å². The SMILES string of the molecule is CC(C)Oc1ncc(Nc2ncc(F)c(NC3CC(C)(C)NC(C)(C)C3)n2)cc1-c1nnnn1C(C)C. The van der Waals surface area contributed by atoms with Crippen LogP contribution in [-0.4, -0.2) is 58.4 Å². The van der Waals surface area contributed by atoms with E-state index < -0.39 is 5.82 Å². The summed E-state index contributed by atoms with van der Waals surface area (Å²) in [5.74, 6) is 0.837. The van der Waals surface area contributed by atoms with Crippen molar-refractivity contribution < 1.29 is 9.13 Å². The largest absolute Gasteiger partial charge is 0.474 e. The van der Waals surface area contributed by atoms with Gasteiger partial charge in [0.2, 0.25) is 11.8 Å². The molecule has 37 heavy (non-hydrogen) atoms. The smallest absolute Gasteiger partial charge is 0.229 e. The Hall–Kier alpha value is -3.41. The molecule has 1 fully saturated rings. The normalized spacial score (nSPS) is 17.3. The second-order valence-corrected chi connectivity index (χ2v) is 11.4. The van der Waals surface area contributed by atoms with E-state index in [0.717, 1.165) is 12.8 Å². The Labute approximate surface area is 217 Å². The van der Waals surface area contributed by atoms with E-state index in [2.05, 4.69) is 74.1 Å². The van der Waals surface area contributed by atoms with Crippen LogP contribution in [0, 0.1) is 5.82 Å². The predicted molar refractivity (Wildman–Crippen MR) is 140 cm³/mol. The van der Waals surface area contributed by atoms with Gasteiger partial charge in [0, 0.05) is 17.1 Å². The van der Waals surface area contributed by atoms with Gasteiger partial charge in [-0.2, -0.15) is 4.98 Å². The van der Waals surface area contributed by atoms with Crippen LogP contribution in [0.2, 0.25) is 0 Å². The number of nitrogens with zero attached hydrogens (tertiary/aromatic N) is 7. The second-order valence-electron chi connectivity index (χ2n) is 11.4. The lowest BCUT2D eigenvalue weighted by atomic mass is 9.79. The standard InChI is InChI=1S/C25H37FN10O/c1-14(2)36-21(32-34-35-36)18-9-16(12-27-22(18)37-15(3)4)30-23-28-13-19(26)20(31-23)29-17-10-24(5,6)33-25(7,8)11-17/h9,12-15,17,33H,10-11H2,1-8H3,(H2,28,29,30,31). The first-order valence-electron chi connectivity index (χ1n) is 12.6. The summed E-state index contributed by atoms with van der Waals surface area (Å²) in [4.78, 5) is 13.1. The molecule has 0 bridgehead atoms.